The second-order valence-corrected chi connectivity index (χ2v) is 3.65. The van der Waals surface area contributed by atoms with Gasteiger partial charge in [-0.25, -0.2) is 0 Å². The summed E-state index contributed by atoms with van der Waals surface area (Å²) in [5.41, 5.74) is 5.21. The lowest BCUT2D eigenvalue weighted by atomic mass is 10.1. The van der Waals surface area contributed by atoms with Crippen LogP contribution in [0, 0.1) is 0 Å². The van der Waals surface area contributed by atoms with Crippen molar-refractivity contribution in [1.82, 2.24) is 4.90 Å². The summed E-state index contributed by atoms with van der Waals surface area (Å²) >= 11 is 0. The Kier molecular flexibility index (Phi) is 3.96. The van der Waals surface area contributed by atoms with Crippen LogP contribution in [0.2, 0.25) is 0 Å². The topological polar surface area (TPSA) is 46.3 Å². The lowest BCUT2D eigenvalue weighted by Crippen LogP contribution is -2.47. The number of rotatable bonds is 3. The Morgan fingerprint density at radius 1 is 1.58 bits per heavy atom. The van der Waals surface area contributed by atoms with Crippen molar-refractivity contribution in [2.75, 3.05) is 13.1 Å². The zero-order valence-electron chi connectivity index (χ0n) is 8.13. The van der Waals surface area contributed by atoms with Crippen molar-refractivity contribution in [2.45, 2.75) is 26.3 Å². The largest absolute Gasteiger partial charge is 0.333 e. The molecule has 0 fully saturated rings. The van der Waals surface area contributed by atoms with E-state index >= 15 is 0 Å². The van der Waals surface area contributed by atoms with Gasteiger partial charge in [-0.1, -0.05) is 6.58 Å². The van der Waals surface area contributed by atoms with Crippen molar-refractivity contribution < 1.29 is 4.79 Å². The minimum Gasteiger partial charge on any atom is -0.333 e. The molecule has 12 heavy (non-hydrogen) atoms. The maximum absolute atomic E-state index is 11.3. The third-order valence-corrected chi connectivity index (χ3v) is 1.60. The number of carbonyl (C=O) groups excluding carboxylic acids is 1. The van der Waals surface area contributed by atoms with E-state index in [0.29, 0.717) is 13.1 Å². The van der Waals surface area contributed by atoms with Gasteiger partial charge in [-0.05, 0) is 26.8 Å². The van der Waals surface area contributed by atoms with Gasteiger partial charge in [0.15, 0.2) is 0 Å². The number of carbonyl (C=O) groups is 1. The molecule has 1 amide bonds. The number of hydrogen-bond donors (Lipinski definition) is 1. The van der Waals surface area contributed by atoms with Crippen LogP contribution in [0.4, 0.5) is 0 Å². The van der Waals surface area contributed by atoms with Crippen molar-refractivity contribution in [1.29, 1.82) is 0 Å². The molecule has 3 nitrogen and oxygen atoms in total. The first kappa shape index (κ1) is 11.2. The number of amides is 1. The van der Waals surface area contributed by atoms with Crippen LogP contribution in [-0.4, -0.2) is 29.4 Å². The fraction of sp³-hybridized carbons (Fsp3) is 0.667. The molecule has 0 saturated carbocycles. The minimum absolute atomic E-state index is 0.0621. The Bertz CT molecular complexity index is 170. The smallest absolute Gasteiger partial charge is 0.246 e. The van der Waals surface area contributed by atoms with Gasteiger partial charge >= 0.3 is 0 Å². The summed E-state index contributed by atoms with van der Waals surface area (Å²) in [5.74, 6) is -0.0621. The molecule has 0 aromatic rings. The van der Waals surface area contributed by atoms with E-state index in [-0.39, 0.29) is 11.4 Å². The number of nitrogens with two attached hydrogens (primary N) is 1. The monoisotopic (exact) mass is 170 g/mol. The summed E-state index contributed by atoms with van der Waals surface area (Å²) in [5, 5.41) is 0. The third-order valence-electron chi connectivity index (χ3n) is 1.60. The summed E-state index contributed by atoms with van der Waals surface area (Å²) in [6.45, 7) is 10.4. The molecular weight excluding hydrogens is 152 g/mol. The van der Waals surface area contributed by atoms with Crippen LogP contribution in [0.5, 0.6) is 0 Å². The van der Waals surface area contributed by atoms with Gasteiger partial charge in [0.2, 0.25) is 5.91 Å². The molecule has 0 rings (SSSR count). The lowest BCUT2D eigenvalue weighted by Gasteiger charge is -2.34. The minimum atomic E-state index is -0.176. The molecule has 0 aliphatic heterocycles. The van der Waals surface area contributed by atoms with E-state index in [1.54, 1.807) is 4.90 Å². The molecule has 0 bridgehead atoms. The fourth-order valence-electron chi connectivity index (χ4n) is 1.02. The molecule has 0 radical (unpaired) electrons. The quantitative estimate of drug-likeness (QED) is 0.635. The van der Waals surface area contributed by atoms with E-state index in [9.17, 15) is 4.79 Å². The number of nitrogens with zero attached hydrogens (tertiary/aromatic N) is 1. The van der Waals surface area contributed by atoms with Crippen LogP contribution < -0.4 is 5.73 Å². The molecule has 0 spiro atoms. The Morgan fingerprint density at radius 3 is 2.33 bits per heavy atom. The highest BCUT2D eigenvalue weighted by atomic mass is 16.2. The van der Waals surface area contributed by atoms with Crippen LogP contribution in [0.3, 0.4) is 0 Å². The summed E-state index contributed by atoms with van der Waals surface area (Å²) in [7, 11) is 0. The van der Waals surface area contributed by atoms with Gasteiger partial charge in [-0.15, -0.1) is 0 Å². The van der Waals surface area contributed by atoms with E-state index in [1.807, 2.05) is 20.8 Å². The third kappa shape index (κ3) is 3.05. The van der Waals surface area contributed by atoms with Crippen molar-refractivity contribution in [2.24, 2.45) is 5.73 Å². The molecule has 0 heterocycles. The first-order valence-electron chi connectivity index (χ1n) is 4.07. The molecule has 0 saturated heterocycles. The summed E-state index contributed by atoms with van der Waals surface area (Å²) in [6, 6.07) is 0. The molecule has 0 aliphatic carbocycles. The standard InChI is InChI=1S/C9H18N2O/c1-5-8(12)11(7-6-10)9(2,3)4/h5H,1,6-7,10H2,2-4H3. The molecule has 0 atom stereocenters. The fourth-order valence-corrected chi connectivity index (χ4v) is 1.02. The maximum Gasteiger partial charge on any atom is 0.246 e. The van der Waals surface area contributed by atoms with Crippen LogP contribution in [-0.2, 0) is 4.79 Å². The SMILES string of the molecule is C=CC(=O)N(CCN)C(C)(C)C. The molecular formula is C9H18N2O. The number of hydrogen-bond acceptors (Lipinski definition) is 2. The molecule has 0 aromatic heterocycles. The van der Waals surface area contributed by atoms with E-state index in [1.165, 1.54) is 6.08 Å². The van der Waals surface area contributed by atoms with Crippen molar-refractivity contribution in [3.8, 4) is 0 Å². The highest BCUT2D eigenvalue weighted by molar-refractivity contribution is 5.87. The van der Waals surface area contributed by atoms with E-state index in [0.717, 1.165) is 0 Å². The van der Waals surface area contributed by atoms with Crippen LogP contribution in [0.15, 0.2) is 12.7 Å². The van der Waals surface area contributed by atoms with Gasteiger partial charge in [0.05, 0.1) is 0 Å². The average molecular weight is 170 g/mol. The van der Waals surface area contributed by atoms with Crippen LogP contribution in [0.1, 0.15) is 20.8 Å². The second-order valence-electron chi connectivity index (χ2n) is 3.65. The Hall–Kier alpha value is -0.830. The van der Waals surface area contributed by atoms with Crippen molar-refractivity contribution in [3.05, 3.63) is 12.7 Å². The molecule has 0 aromatic carbocycles. The Balaban J connectivity index is 4.43. The van der Waals surface area contributed by atoms with Gasteiger partial charge in [0.25, 0.3) is 0 Å². The van der Waals surface area contributed by atoms with Gasteiger partial charge in [0.1, 0.15) is 0 Å². The van der Waals surface area contributed by atoms with Crippen LogP contribution in [0.25, 0.3) is 0 Å². The molecule has 3 heteroatoms. The average Bonchev–Trinajstić information content (AvgIpc) is 1.96. The van der Waals surface area contributed by atoms with Crippen molar-refractivity contribution >= 4 is 5.91 Å². The summed E-state index contributed by atoms with van der Waals surface area (Å²) in [6.07, 6.45) is 1.32. The highest BCUT2D eigenvalue weighted by Gasteiger charge is 2.23. The van der Waals surface area contributed by atoms with Gasteiger partial charge in [-0.2, -0.15) is 0 Å². The molecule has 2 N–H and O–H groups in total. The van der Waals surface area contributed by atoms with E-state index in [4.69, 9.17) is 5.73 Å². The normalized spacial score (nSPS) is 11.0. The first-order valence-corrected chi connectivity index (χ1v) is 4.07. The van der Waals surface area contributed by atoms with E-state index in [2.05, 4.69) is 6.58 Å². The summed E-state index contributed by atoms with van der Waals surface area (Å²) < 4.78 is 0. The maximum atomic E-state index is 11.3. The second kappa shape index (κ2) is 4.26. The zero-order valence-corrected chi connectivity index (χ0v) is 8.13. The molecule has 70 valence electrons. The Labute approximate surface area is 74.2 Å². The summed E-state index contributed by atoms with van der Waals surface area (Å²) in [4.78, 5) is 13.0. The molecule has 0 aliphatic rings. The van der Waals surface area contributed by atoms with Crippen molar-refractivity contribution in [3.63, 3.8) is 0 Å². The van der Waals surface area contributed by atoms with E-state index < -0.39 is 0 Å². The highest BCUT2D eigenvalue weighted by Crippen LogP contribution is 2.12. The van der Waals surface area contributed by atoms with Gasteiger partial charge < -0.3 is 10.6 Å². The lowest BCUT2D eigenvalue weighted by molar-refractivity contribution is -0.130. The molecule has 0 unspecified atom stereocenters. The Morgan fingerprint density at radius 2 is 2.08 bits per heavy atom. The predicted octanol–water partition coefficient (Wildman–Crippen LogP) is 0.758. The first-order chi connectivity index (χ1) is 5.43. The van der Waals surface area contributed by atoms with Crippen LogP contribution >= 0.6 is 0 Å². The predicted molar refractivity (Wildman–Crippen MR) is 50.7 cm³/mol. The van der Waals surface area contributed by atoms with Gasteiger partial charge in [-0.3, -0.25) is 4.79 Å². The van der Waals surface area contributed by atoms with Gasteiger partial charge in [0, 0.05) is 18.6 Å². The zero-order chi connectivity index (χ0) is 9.78.